The molecule has 4 nitrogen and oxygen atoms in total. The van der Waals surface area contributed by atoms with Crippen LogP contribution in [0.15, 0.2) is 0 Å². The topological polar surface area (TPSA) is 54.5 Å². The number of esters is 1. The van der Waals surface area contributed by atoms with Crippen LogP contribution in [0.4, 0.5) is 0 Å². The van der Waals surface area contributed by atoms with Gasteiger partial charge in [0.25, 0.3) is 0 Å². The molecule has 0 radical (unpaired) electrons. The molecular formula is C13H23N2O2+. The van der Waals surface area contributed by atoms with Crippen molar-refractivity contribution in [3.8, 4) is 0 Å². The maximum absolute atomic E-state index is 11.4. The molecule has 17 heavy (non-hydrogen) atoms. The van der Waals surface area contributed by atoms with E-state index in [9.17, 15) is 10.2 Å². The number of nitrogens with zero attached hydrogens (tertiary/aromatic N) is 2. The SMILES string of the molecule is CCC(=O)OC1CC(C)CC(C(C)C)C1[N+]#N. The van der Waals surface area contributed by atoms with Gasteiger partial charge in [-0.3, -0.25) is 4.79 Å². The van der Waals surface area contributed by atoms with Crippen LogP contribution >= 0.6 is 0 Å². The zero-order chi connectivity index (χ0) is 13.0. The standard InChI is InChI=1S/C13H23N2O2/c1-5-12(16)17-11-7-9(4)6-10(8(2)3)13(11)15-14/h8-11,13H,5-7H2,1-4H3/q+1. The Kier molecular flexibility index (Phi) is 4.92. The molecule has 1 aliphatic rings. The minimum atomic E-state index is -0.262. The van der Waals surface area contributed by atoms with E-state index in [2.05, 4.69) is 25.7 Å². The van der Waals surface area contributed by atoms with Crippen molar-refractivity contribution in [1.82, 2.24) is 0 Å². The lowest BCUT2D eigenvalue weighted by molar-refractivity contribution is -0.152. The third kappa shape index (κ3) is 3.42. The van der Waals surface area contributed by atoms with E-state index in [1.807, 2.05) is 0 Å². The maximum atomic E-state index is 11.4. The number of carbonyl (C=O) groups is 1. The van der Waals surface area contributed by atoms with Crippen molar-refractivity contribution >= 4 is 5.97 Å². The number of ether oxygens (including phenoxy) is 1. The molecule has 0 aliphatic heterocycles. The Morgan fingerprint density at radius 3 is 2.59 bits per heavy atom. The molecule has 96 valence electrons. The lowest BCUT2D eigenvalue weighted by atomic mass is 9.72. The lowest BCUT2D eigenvalue weighted by Crippen LogP contribution is -2.43. The number of rotatable bonds is 3. The van der Waals surface area contributed by atoms with Crippen molar-refractivity contribution in [2.24, 2.45) is 17.8 Å². The van der Waals surface area contributed by atoms with Crippen molar-refractivity contribution in [2.45, 2.75) is 59.1 Å². The fraction of sp³-hybridized carbons (Fsp3) is 0.923. The fourth-order valence-electron chi connectivity index (χ4n) is 2.71. The Morgan fingerprint density at radius 2 is 2.12 bits per heavy atom. The summed E-state index contributed by atoms with van der Waals surface area (Å²) in [7, 11) is 0. The molecule has 0 aromatic heterocycles. The maximum Gasteiger partial charge on any atom is 0.353 e. The molecule has 0 aromatic rings. The van der Waals surface area contributed by atoms with Crippen molar-refractivity contribution in [2.75, 3.05) is 0 Å². The second kappa shape index (κ2) is 6.00. The van der Waals surface area contributed by atoms with Gasteiger partial charge in [-0.15, -0.1) is 0 Å². The van der Waals surface area contributed by atoms with E-state index in [0.717, 1.165) is 12.8 Å². The third-order valence-corrected chi connectivity index (χ3v) is 3.69. The number of hydrogen-bond donors (Lipinski definition) is 0. The summed E-state index contributed by atoms with van der Waals surface area (Å²) in [6, 6.07) is -0.262. The molecule has 1 aliphatic carbocycles. The van der Waals surface area contributed by atoms with E-state index in [1.165, 1.54) is 0 Å². The predicted molar refractivity (Wildman–Crippen MR) is 65.8 cm³/mol. The highest BCUT2D eigenvalue weighted by Crippen LogP contribution is 2.37. The molecule has 0 bridgehead atoms. The average molecular weight is 239 g/mol. The Balaban J connectivity index is 2.79. The van der Waals surface area contributed by atoms with Gasteiger partial charge in [-0.05, 0) is 24.7 Å². The van der Waals surface area contributed by atoms with Crippen LogP contribution in [-0.2, 0) is 9.53 Å². The van der Waals surface area contributed by atoms with Crippen molar-refractivity contribution in [3.63, 3.8) is 0 Å². The molecule has 0 N–H and O–H groups in total. The van der Waals surface area contributed by atoms with Gasteiger partial charge in [0, 0.05) is 12.3 Å². The van der Waals surface area contributed by atoms with Crippen molar-refractivity contribution in [1.29, 1.82) is 5.39 Å². The van der Waals surface area contributed by atoms with Gasteiger partial charge < -0.3 is 4.74 Å². The highest BCUT2D eigenvalue weighted by atomic mass is 16.5. The first-order chi connectivity index (χ1) is 7.99. The van der Waals surface area contributed by atoms with E-state index >= 15 is 0 Å². The van der Waals surface area contributed by atoms with E-state index in [1.54, 1.807) is 6.92 Å². The van der Waals surface area contributed by atoms with Gasteiger partial charge in [0.15, 0.2) is 6.10 Å². The van der Waals surface area contributed by atoms with E-state index in [-0.39, 0.29) is 18.1 Å². The molecule has 1 fully saturated rings. The number of hydrogen-bond acceptors (Lipinski definition) is 3. The van der Waals surface area contributed by atoms with Crippen LogP contribution < -0.4 is 0 Å². The van der Waals surface area contributed by atoms with Crippen LogP contribution in [0.2, 0.25) is 0 Å². The quantitative estimate of drug-likeness (QED) is 0.561. The van der Waals surface area contributed by atoms with Crippen LogP contribution in [0.1, 0.15) is 47.0 Å². The molecule has 4 heteroatoms. The number of carbonyl (C=O) groups excluding carboxylic acids is 1. The van der Waals surface area contributed by atoms with E-state index < -0.39 is 0 Å². The summed E-state index contributed by atoms with van der Waals surface area (Å²) in [5.41, 5.74) is 0. The summed E-state index contributed by atoms with van der Waals surface area (Å²) in [5, 5.41) is 9.19. The molecular weight excluding hydrogens is 216 g/mol. The predicted octanol–water partition coefficient (Wildman–Crippen LogP) is 3.23. The largest absolute Gasteiger partial charge is 0.454 e. The summed E-state index contributed by atoms with van der Waals surface area (Å²) in [4.78, 5) is 14.9. The van der Waals surface area contributed by atoms with Gasteiger partial charge in [0.05, 0.1) is 0 Å². The Hall–Kier alpha value is -1.11. The molecule has 4 unspecified atom stereocenters. The molecule has 0 heterocycles. The van der Waals surface area contributed by atoms with Gasteiger partial charge in [0.1, 0.15) is 4.98 Å². The molecule has 0 aromatic carbocycles. The van der Waals surface area contributed by atoms with Crippen molar-refractivity contribution < 1.29 is 9.53 Å². The molecule has 1 saturated carbocycles. The second-order valence-corrected chi connectivity index (χ2v) is 5.47. The second-order valence-electron chi connectivity index (χ2n) is 5.47. The third-order valence-electron chi connectivity index (χ3n) is 3.69. The van der Waals surface area contributed by atoms with Gasteiger partial charge in [-0.1, -0.05) is 27.7 Å². The van der Waals surface area contributed by atoms with Gasteiger partial charge in [-0.25, -0.2) is 0 Å². The lowest BCUT2D eigenvalue weighted by Gasteiger charge is -2.32. The minimum absolute atomic E-state index is 0.208. The normalized spacial score (nSPS) is 33.2. The van der Waals surface area contributed by atoms with Crippen LogP contribution in [-0.4, -0.2) is 18.1 Å². The smallest absolute Gasteiger partial charge is 0.353 e. The minimum Gasteiger partial charge on any atom is -0.454 e. The monoisotopic (exact) mass is 239 g/mol. The Bertz CT molecular complexity index is 309. The zero-order valence-electron chi connectivity index (χ0n) is 11.2. The average Bonchev–Trinajstić information content (AvgIpc) is 2.28. The van der Waals surface area contributed by atoms with E-state index in [0.29, 0.717) is 24.2 Å². The highest BCUT2D eigenvalue weighted by Gasteiger charge is 2.48. The van der Waals surface area contributed by atoms with Gasteiger partial charge in [0.2, 0.25) is 5.39 Å². The van der Waals surface area contributed by atoms with E-state index in [4.69, 9.17) is 4.74 Å². The first kappa shape index (κ1) is 14.0. The summed E-state index contributed by atoms with van der Waals surface area (Å²) >= 11 is 0. The Morgan fingerprint density at radius 1 is 1.47 bits per heavy atom. The highest BCUT2D eigenvalue weighted by molar-refractivity contribution is 5.69. The summed E-state index contributed by atoms with van der Waals surface area (Å²) in [6.07, 6.45) is 1.94. The number of diazo groups is 1. The zero-order valence-corrected chi connectivity index (χ0v) is 11.2. The van der Waals surface area contributed by atoms with Gasteiger partial charge >= 0.3 is 12.0 Å². The first-order valence-corrected chi connectivity index (χ1v) is 6.53. The first-order valence-electron chi connectivity index (χ1n) is 6.53. The summed E-state index contributed by atoms with van der Waals surface area (Å²) in [6.45, 7) is 8.19. The summed E-state index contributed by atoms with van der Waals surface area (Å²) < 4.78 is 5.40. The fourth-order valence-corrected chi connectivity index (χ4v) is 2.71. The van der Waals surface area contributed by atoms with Crippen LogP contribution in [0, 0.1) is 23.1 Å². The van der Waals surface area contributed by atoms with Crippen molar-refractivity contribution in [3.05, 3.63) is 4.98 Å². The van der Waals surface area contributed by atoms with Crippen LogP contribution in [0.3, 0.4) is 0 Å². The van der Waals surface area contributed by atoms with Gasteiger partial charge in [-0.2, -0.15) is 0 Å². The molecule has 0 spiro atoms. The van der Waals surface area contributed by atoms with Crippen LogP contribution in [0.5, 0.6) is 0 Å². The Labute approximate surface area is 103 Å². The molecule has 0 saturated heterocycles. The summed E-state index contributed by atoms with van der Waals surface area (Å²) in [5.74, 6) is 1.02. The molecule has 0 amide bonds. The molecule has 1 rings (SSSR count). The molecule has 4 atom stereocenters. The van der Waals surface area contributed by atoms with Crippen LogP contribution in [0.25, 0.3) is 4.98 Å².